The molecule has 1 heterocycles. The van der Waals surface area contributed by atoms with Crippen molar-refractivity contribution < 1.29 is 14.6 Å². The smallest absolute Gasteiger partial charge is 0.166 e. The average molecular weight is 234 g/mol. The topological polar surface area (TPSA) is 46.5 Å². The molecule has 1 aromatic heterocycles. The van der Waals surface area contributed by atoms with Crippen LogP contribution in [0.2, 0.25) is 0 Å². The molecule has 0 unspecified atom stereocenters. The summed E-state index contributed by atoms with van der Waals surface area (Å²) < 4.78 is 5.02. The molecule has 0 aliphatic heterocycles. The summed E-state index contributed by atoms with van der Waals surface area (Å²) in [6.07, 6.45) is 0.735. The summed E-state index contributed by atoms with van der Waals surface area (Å²) >= 11 is 1.50. The fourth-order valence-corrected chi connectivity index (χ4v) is 2.22. The number of hydrogen-bond acceptors (Lipinski definition) is 4. The third-order valence-corrected chi connectivity index (χ3v) is 3.14. The van der Waals surface area contributed by atoms with Gasteiger partial charge in [0.1, 0.15) is 6.29 Å². The monoisotopic (exact) mass is 234 g/mol. The van der Waals surface area contributed by atoms with Gasteiger partial charge in [-0.15, -0.1) is 11.3 Å². The van der Waals surface area contributed by atoms with E-state index in [1.165, 1.54) is 24.5 Å². The highest BCUT2D eigenvalue weighted by Crippen LogP contribution is 2.39. The number of carbonyl (C=O) groups excluding carboxylic acids is 1. The van der Waals surface area contributed by atoms with Crippen LogP contribution in [-0.4, -0.2) is 18.5 Å². The summed E-state index contributed by atoms with van der Waals surface area (Å²) in [6.45, 7) is 0. The number of methoxy groups -OCH3 is 1. The molecule has 2 aromatic rings. The third-order valence-electron chi connectivity index (χ3n) is 2.24. The minimum Gasteiger partial charge on any atom is -0.504 e. The van der Waals surface area contributed by atoms with Crippen molar-refractivity contribution in [3.8, 4) is 21.9 Å². The van der Waals surface area contributed by atoms with Crippen molar-refractivity contribution in [1.29, 1.82) is 0 Å². The van der Waals surface area contributed by atoms with Crippen LogP contribution >= 0.6 is 11.3 Å². The molecule has 0 bridgehead atoms. The van der Waals surface area contributed by atoms with Crippen LogP contribution in [0.4, 0.5) is 0 Å². The molecule has 1 N–H and O–H groups in total. The van der Waals surface area contributed by atoms with Gasteiger partial charge in [0.05, 0.1) is 7.11 Å². The Morgan fingerprint density at radius 2 is 2.25 bits per heavy atom. The van der Waals surface area contributed by atoms with E-state index in [2.05, 4.69) is 0 Å². The first kappa shape index (κ1) is 10.7. The molecule has 0 atom stereocenters. The number of aldehydes is 1. The van der Waals surface area contributed by atoms with Gasteiger partial charge < -0.3 is 9.84 Å². The van der Waals surface area contributed by atoms with Gasteiger partial charge in [-0.1, -0.05) is 6.07 Å². The quantitative estimate of drug-likeness (QED) is 0.830. The summed E-state index contributed by atoms with van der Waals surface area (Å²) in [5, 5.41) is 11.9. The Labute approximate surface area is 96.9 Å². The van der Waals surface area contributed by atoms with Crippen LogP contribution in [0.3, 0.4) is 0 Å². The van der Waals surface area contributed by atoms with Crippen LogP contribution in [0.15, 0.2) is 29.6 Å². The SMILES string of the molecule is COc1cc(C=O)cc(-c2cccs2)c1O. The number of carbonyl (C=O) groups is 1. The van der Waals surface area contributed by atoms with Crippen molar-refractivity contribution in [2.75, 3.05) is 7.11 Å². The standard InChI is InChI=1S/C12H10O3S/c1-15-10-6-8(7-13)5-9(12(10)14)11-3-2-4-16-11/h2-7,14H,1H3. The second-order valence-electron chi connectivity index (χ2n) is 3.21. The van der Waals surface area contributed by atoms with Crippen LogP contribution in [0, 0.1) is 0 Å². The fourth-order valence-electron chi connectivity index (χ4n) is 1.47. The molecule has 82 valence electrons. The van der Waals surface area contributed by atoms with E-state index in [4.69, 9.17) is 4.74 Å². The van der Waals surface area contributed by atoms with Gasteiger partial charge in [0.2, 0.25) is 0 Å². The van der Waals surface area contributed by atoms with Crippen molar-refractivity contribution >= 4 is 17.6 Å². The number of aromatic hydroxyl groups is 1. The molecule has 3 nitrogen and oxygen atoms in total. The lowest BCUT2D eigenvalue weighted by Gasteiger charge is -2.08. The van der Waals surface area contributed by atoms with Crippen LogP contribution in [0.25, 0.3) is 10.4 Å². The summed E-state index contributed by atoms with van der Waals surface area (Å²) in [4.78, 5) is 11.7. The van der Waals surface area contributed by atoms with Crippen molar-refractivity contribution in [1.82, 2.24) is 0 Å². The average Bonchev–Trinajstić information content (AvgIpc) is 2.83. The number of hydrogen-bond donors (Lipinski definition) is 1. The maximum absolute atomic E-state index is 10.8. The molecule has 1 aromatic carbocycles. The summed E-state index contributed by atoms with van der Waals surface area (Å²) in [7, 11) is 1.46. The lowest BCUT2D eigenvalue weighted by Crippen LogP contribution is -1.89. The highest BCUT2D eigenvalue weighted by Gasteiger charge is 2.12. The second kappa shape index (κ2) is 4.37. The molecule has 0 spiro atoms. The van der Waals surface area contributed by atoms with Gasteiger partial charge in [0.15, 0.2) is 11.5 Å². The van der Waals surface area contributed by atoms with E-state index < -0.39 is 0 Å². The normalized spacial score (nSPS) is 10.1. The minimum atomic E-state index is 0.0653. The number of ether oxygens (including phenoxy) is 1. The number of phenolic OH excluding ortho intramolecular Hbond substituents is 1. The molecular weight excluding hydrogens is 224 g/mol. The molecule has 2 rings (SSSR count). The molecule has 0 aliphatic carbocycles. The first-order valence-corrected chi connectivity index (χ1v) is 5.54. The van der Waals surface area contributed by atoms with E-state index in [0.717, 1.165) is 11.2 Å². The highest BCUT2D eigenvalue weighted by molar-refractivity contribution is 7.13. The lowest BCUT2D eigenvalue weighted by atomic mass is 10.1. The van der Waals surface area contributed by atoms with Gasteiger partial charge in [-0.3, -0.25) is 4.79 Å². The summed E-state index contributed by atoms with van der Waals surface area (Å²) in [5.74, 6) is 0.378. The van der Waals surface area contributed by atoms with Crippen LogP contribution in [0.1, 0.15) is 10.4 Å². The highest BCUT2D eigenvalue weighted by atomic mass is 32.1. The zero-order valence-electron chi connectivity index (χ0n) is 8.64. The predicted molar refractivity (Wildman–Crippen MR) is 63.4 cm³/mol. The van der Waals surface area contributed by atoms with Gasteiger partial charge >= 0.3 is 0 Å². The van der Waals surface area contributed by atoms with Gasteiger partial charge in [-0.25, -0.2) is 0 Å². The Hall–Kier alpha value is -1.81. The maximum atomic E-state index is 10.8. The van der Waals surface area contributed by atoms with Crippen molar-refractivity contribution in [2.24, 2.45) is 0 Å². The molecule has 16 heavy (non-hydrogen) atoms. The summed E-state index contributed by atoms with van der Waals surface area (Å²) in [6, 6.07) is 6.93. The number of thiophene rings is 1. The molecule has 0 amide bonds. The molecule has 0 radical (unpaired) electrons. The first-order valence-electron chi connectivity index (χ1n) is 4.66. The Morgan fingerprint density at radius 3 is 2.81 bits per heavy atom. The van der Waals surface area contributed by atoms with E-state index in [-0.39, 0.29) is 5.75 Å². The third kappa shape index (κ3) is 1.79. The minimum absolute atomic E-state index is 0.0653. The fraction of sp³-hybridized carbons (Fsp3) is 0.0833. The number of benzene rings is 1. The summed E-state index contributed by atoms with van der Waals surface area (Å²) in [5.41, 5.74) is 1.11. The number of phenols is 1. The predicted octanol–water partition coefficient (Wildman–Crippen LogP) is 2.94. The van der Waals surface area contributed by atoms with E-state index in [0.29, 0.717) is 16.9 Å². The Morgan fingerprint density at radius 1 is 1.44 bits per heavy atom. The molecule has 0 aliphatic rings. The van der Waals surface area contributed by atoms with Gasteiger partial charge in [0.25, 0.3) is 0 Å². The lowest BCUT2D eigenvalue weighted by molar-refractivity contribution is 0.112. The van der Waals surface area contributed by atoms with E-state index in [1.54, 1.807) is 6.07 Å². The molecular formula is C12H10O3S. The van der Waals surface area contributed by atoms with Crippen LogP contribution in [0.5, 0.6) is 11.5 Å². The second-order valence-corrected chi connectivity index (χ2v) is 4.16. The van der Waals surface area contributed by atoms with Crippen LogP contribution < -0.4 is 4.74 Å². The largest absolute Gasteiger partial charge is 0.504 e. The first-order chi connectivity index (χ1) is 7.76. The Bertz CT molecular complexity index is 503. The Balaban J connectivity index is 2.64. The van der Waals surface area contributed by atoms with E-state index >= 15 is 0 Å². The van der Waals surface area contributed by atoms with E-state index in [9.17, 15) is 9.90 Å². The van der Waals surface area contributed by atoms with E-state index in [1.807, 2.05) is 17.5 Å². The molecule has 0 saturated heterocycles. The van der Waals surface area contributed by atoms with Crippen LogP contribution in [-0.2, 0) is 0 Å². The molecule has 4 heteroatoms. The number of rotatable bonds is 3. The van der Waals surface area contributed by atoms with Crippen molar-refractivity contribution in [3.63, 3.8) is 0 Å². The van der Waals surface area contributed by atoms with Gasteiger partial charge in [-0.2, -0.15) is 0 Å². The molecule has 0 saturated carbocycles. The zero-order chi connectivity index (χ0) is 11.5. The van der Waals surface area contributed by atoms with Gasteiger partial charge in [0, 0.05) is 16.0 Å². The zero-order valence-corrected chi connectivity index (χ0v) is 9.45. The molecule has 0 fully saturated rings. The van der Waals surface area contributed by atoms with Crippen molar-refractivity contribution in [3.05, 3.63) is 35.2 Å². The van der Waals surface area contributed by atoms with Crippen molar-refractivity contribution in [2.45, 2.75) is 0 Å². The Kier molecular flexibility index (Phi) is 2.92. The maximum Gasteiger partial charge on any atom is 0.166 e. The van der Waals surface area contributed by atoms with Gasteiger partial charge in [-0.05, 0) is 23.6 Å².